The van der Waals surface area contributed by atoms with Gasteiger partial charge in [-0.2, -0.15) is 9.78 Å². The summed E-state index contributed by atoms with van der Waals surface area (Å²) in [4.78, 5) is 9.38. The van der Waals surface area contributed by atoms with Crippen molar-refractivity contribution in [1.82, 2.24) is 0 Å². The molecule has 0 aromatic heterocycles. The van der Waals surface area contributed by atoms with Gasteiger partial charge >= 0.3 is 59.1 Å². The molecule has 0 spiro atoms. The van der Waals surface area contributed by atoms with Crippen molar-refractivity contribution in [2.45, 2.75) is 83.8 Å². The minimum Gasteiger partial charge on any atom is -0.759 e. The molecule has 0 bridgehead atoms. The van der Waals surface area contributed by atoms with Crippen LogP contribution < -0.4 is 59.1 Å². The molecule has 11 heteroatoms. The van der Waals surface area contributed by atoms with E-state index >= 15 is 0 Å². The molecule has 1 aliphatic rings. The Morgan fingerprint density at radius 3 is 1.46 bits per heavy atom. The van der Waals surface area contributed by atoms with Crippen LogP contribution in [0.3, 0.4) is 0 Å². The number of rotatable bonds is 11. The van der Waals surface area contributed by atoms with Gasteiger partial charge in [0, 0.05) is 16.8 Å². The van der Waals surface area contributed by atoms with Crippen LogP contribution in [0.2, 0.25) is 0 Å². The molecule has 0 unspecified atom stereocenters. The van der Waals surface area contributed by atoms with Gasteiger partial charge in [-0.15, -0.1) is 0 Å². The third kappa shape index (κ3) is 28.5. The van der Waals surface area contributed by atoms with Crippen LogP contribution in [0.5, 0.6) is 0 Å². The van der Waals surface area contributed by atoms with E-state index in [-0.39, 0.29) is 65.4 Å². The molecule has 24 heavy (non-hydrogen) atoms. The van der Waals surface area contributed by atoms with E-state index in [1.807, 2.05) is 0 Å². The maximum Gasteiger partial charge on any atom is 1.00 e. The van der Waals surface area contributed by atoms with Crippen LogP contribution in [0.1, 0.15) is 77.6 Å². The van der Waals surface area contributed by atoms with Gasteiger partial charge in [-0.25, -0.2) is 0 Å². The Balaban J connectivity index is -0.000000554. The van der Waals surface area contributed by atoms with Gasteiger partial charge in [-0.3, -0.25) is 8.42 Å². The predicted octanol–water partition coefficient (Wildman–Crippen LogP) is -2.88. The van der Waals surface area contributed by atoms with Crippen LogP contribution in [0, 0.1) is 0 Å². The van der Waals surface area contributed by atoms with Gasteiger partial charge in [-0.1, -0.05) is 64.7 Å². The molecule has 1 aliphatic heterocycles. The second-order valence-corrected chi connectivity index (χ2v) is 5.95. The average molecular weight is 388 g/mol. The molecule has 1 fully saturated rings. The fourth-order valence-corrected chi connectivity index (χ4v) is 2.03. The normalized spacial score (nSPS) is 14.3. The van der Waals surface area contributed by atoms with Crippen molar-refractivity contribution in [3.8, 4) is 0 Å². The summed E-state index contributed by atoms with van der Waals surface area (Å²) >= 11 is 0. The maximum atomic E-state index is 8.52. The monoisotopic (exact) mass is 388 g/mol. The molecule has 134 valence electrons. The first-order valence-electron chi connectivity index (χ1n) is 7.75. The Kier molecular flexibility index (Phi) is 26.7. The Morgan fingerprint density at radius 2 is 1.08 bits per heavy atom. The van der Waals surface area contributed by atoms with Crippen molar-refractivity contribution in [2.24, 2.45) is 0 Å². The largest absolute Gasteiger partial charge is 1.00 e. The molecule has 0 amide bonds. The first kappa shape index (κ1) is 30.4. The molecule has 0 aliphatic carbocycles. The molecule has 1 heterocycles. The molecule has 1 rings (SSSR count). The first-order chi connectivity index (χ1) is 10.4. The standard InChI is InChI=1S/C13H26O4.2Na.H2O4S/c1-2-3-4-5-6-7-8-9-10-11-12-13-14-16-17-15-13;;;1-5(2,3)4/h13H,2-12H2,1H3;;;(H2,1,2,3,4)/q;2*+1;/p-2. The minimum atomic E-state index is -5.17. The number of hydrogen-bond donors (Lipinski definition) is 0. The first-order valence-corrected chi connectivity index (χ1v) is 9.09. The summed E-state index contributed by atoms with van der Waals surface area (Å²) in [5, 5.41) is 8.35. The SMILES string of the molecule is CCCCCCCCCCCCC1OOOO1.O=S(=O)([O-])[O-].[Na+].[Na+]. The van der Waals surface area contributed by atoms with E-state index in [1.165, 1.54) is 57.8 Å². The topological polar surface area (TPSA) is 117 Å². The van der Waals surface area contributed by atoms with Crippen molar-refractivity contribution >= 4 is 10.4 Å². The Hall–Kier alpha value is 1.71. The third-order valence-corrected chi connectivity index (χ3v) is 3.11. The van der Waals surface area contributed by atoms with Crippen LogP contribution in [-0.2, 0) is 30.3 Å². The fourth-order valence-electron chi connectivity index (χ4n) is 2.03. The van der Waals surface area contributed by atoms with Gasteiger partial charge in [0.15, 0.2) is 0 Å². The van der Waals surface area contributed by atoms with Crippen molar-refractivity contribution in [3.63, 3.8) is 0 Å². The van der Waals surface area contributed by atoms with Gasteiger partial charge in [0.1, 0.15) is 0 Å². The quantitative estimate of drug-likeness (QED) is 0.122. The second kappa shape index (κ2) is 21.0. The summed E-state index contributed by atoms with van der Waals surface area (Å²) in [6.45, 7) is 2.26. The van der Waals surface area contributed by atoms with Crippen LogP contribution in [0.25, 0.3) is 0 Å². The molecule has 0 aromatic carbocycles. The molecule has 0 saturated carbocycles. The van der Waals surface area contributed by atoms with Crippen molar-refractivity contribution in [2.75, 3.05) is 0 Å². The summed E-state index contributed by atoms with van der Waals surface area (Å²) in [7, 11) is -5.17. The molecule has 0 aromatic rings. The van der Waals surface area contributed by atoms with Gasteiger partial charge in [-0.05, 0) is 16.5 Å². The van der Waals surface area contributed by atoms with Crippen LogP contribution in [0.15, 0.2) is 0 Å². The third-order valence-electron chi connectivity index (χ3n) is 3.11. The van der Waals surface area contributed by atoms with Crippen molar-refractivity contribution < 1.29 is 96.5 Å². The molecule has 0 atom stereocenters. The smallest absolute Gasteiger partial charge is 0.759 e. The van der Waals surface area contributed by atoms with Gasteiger partial charge < -0.3 is 9.11 Å². The number of hydrogen-bond acceptors (Lipinski definition) is 8. The molecular weight excluding hydrogens is 362 g/mol. The molecule has 8 nitrogen and oxygen atoms in total. The maximum absolute atomic E-state index is 8.52. The zero-order valence-corrected chi connectivity index (χ0v) is 19.8. The second-order valence-electron chi connectivity index (χ2n) is 5.14. The molecular formula is C13H26Na2O8S. The predicted molar refractivity (Wildman–Crippen MR) is 75.1 cm³/mol. The van der Waals surface area contributed by atoms with E-state index in [1.54, 1.807) is 0 Å². The summed E-state index contributed by atoms with van der Waals surface area (Å²) in [6.07, 6.45) is 13.8. The Morgan fingerprint density at radius 1 is 0.750 bits per heavy atom. The van der Waals surface area contributed by atoms with E-state index in [9.17, 15) is 0 Å². The summed E-state index contributed by atoms with van der Waals surface area (Å²) in [6, 6.07) is 0. The van der Waals surface area contributed by atoms with E-state index in [0.717, 1.165) is 12.8 Å². The summed E-state index contributed by atoms with van der Waals surface area (Å²) in [5.74, 6) is 0. The van der Waals surface area contributed by atoms with Crippen LogP contribution in [0.4, 0.5) is 0 Å². The van der Waals surface area contributed by atoms with Crippen LogP contribution in [-0.4, -0.2) is 23.8 Å². The van der Waals surface area contributed by atoms with E-state index < -0.39 is 10.4 Å². The van der Waals surface area contributed by atoms with Crippen molar-refractivity contribution in [1.29, 1.82) is 0 Å². The van der Waals surface area contributed by atoms with E-state index in [0.29, 0.717) is 0 Å². The van der Waals surface area contributed by atoms with Gasteiger partial charge in [0.05, 0.1) is 0 Å². The fraction of sp³-hybridized carbons (Fsp3) is 1.00. The average Bonchev–Trinajstić information content (AvgIpc) is 2.92. The molecule has 1 saturated heterocycles. The Labute approximate surface area is 189 Å². The van der Waals surface area contributed by atoms with E-state index in [2.05, 4.69) is 17.0 Å². The van der Waals surface area contributed by atoms with Gasteiger partial charge in [0.2, 0.25) is 6.29 Å². The van der Waals surface area contributed by atoms with Crippen molar-refractivity contribution in [3.05, 3.63) is 0 Å². The Bertz CT molecular complexity index is 329. The van der Waals surface area contributed by atoms with Gasteiger partial charge in [0.25, 0.3) is 0 Å². The minimum absolute atomic E-state index is 0. The zero-order valence-electron chi connectivity index (χ0n) is 15.0. The summed E-state index contributed by atoms with van der Waals surface area (Å²) in [5.41, 5.74) is 0. The molecule has 0 N–H and O–H groups in total. The molecule has 0 radical (unpaired) electrons. The summed E-state index contributed by atoms with van der Waals surface area (Å²) < 4.78 is 34.1. The van der Waals surface area contributed by atoms with E-state index in [4.69, 9.17) is 27.3 Å². The van der Waals surface area contributed by atoms with Crippen LogP contribution >= 0.6 is 0 Å². The zero-order chi connectivity index (χ0) is 16.7. The number of unbranched alkanes of at least 4 members (excludes halogenated alkanes) is 9.